The van der Waals surface area contributed by atoms with Crippen LogP contribution >= 0.6 is 11.6 Å². The Morgan fingerprint density at radius 3 is 2.33 bits per heavy atom. The Bertz CT molecular complexity index is 898. The largest absolute Gasteiger partial charge is 0.417 e. The third-order valence-electron chi connectivity index (χ3n) is 4.57. The van der Waals surface area contributed by atoms with Crippen LogP contribution in [0.4, 0.5) is 18.9 Å². The molecule has 0 unspecified atom stereocenters. The van der Waals surface area contributed by atoms with Crippen LogP contribution in [0, 0.1) is 0 Å². The summed E-state index contributed by atoms with van der Waals surface area (Å²) in [4.78, 5) is 10.3. The van der Waals surface area contributed by atoms with Crippen molar-refractivity contribution in [3.63, 3.8) is 0 Å². The lowest BCUT2D eigenvalue weighted by atomic mass is 9.92. The number of rotatable bonds is 1. The number of aliphatic imine (C=N–C) groups is 1. The van der Waals surface area contributed by atoms with Gasteiger partial charge in [0.2, 0.25) is 0 Å². The third kappa shape index (κ3) is 3.81. The SMILES string of the molecule is CN=C1CCc2cc(-c3cncc(C(F)(F)F)c3)cc(Cl)c2N1C(C)(C)C. The molecule has 0 N–H and O–H groups in total. The Kier molecular flexibility index (Phi) is 4.97. The van der Waals surface area contributed by atoms with Gasteiger partial charge in [0.05, 0.1) is 16.3 Å². The molecule has 1 aliphatic heterocycles. The summed E-state index contributed by atoms with van der Waals surface area (Å²) in [7, 11) is 1.76. The minimum atomic E-state index is -4.43. The van der Waals surface area contributed by atoms with Gasteiger partial charge in [-0.25, -0.2) is 0 Å². The van der Waals surface area contributed by atoms with E-state index in [0.29, 0.717) is 16.1 Å². The minimum absolute atomic E-state index is 0.229. The Hall–Kier alpha value is -2.08. The second kappa shape index (κ2) is 6.82. The summed E-state index contributed by atoms with van der Waals surface area (Å²) in [6.07, 6.45) is -0.697. The number of alkyl halides is 3. The first kappa shape index (κ1) is 19.7. The topological polar surface area (TPSA) is 28.5 Å². The van der Waals surface area contributed by atoms with Gasteiger partial charge in [0.15, 0.2) is 0 Å². The zero-order chi connectivity index (χ0) is 20.0. The van der Waals surface area contributed by atoms with Crippen molar-refractivity contribution < 1.29 is 13.2 Å². The quantitative estimate of drug-likeness (QED) is 0.592. The highest BCUT2D eigenvalue weighted by atomic mass is 35.5. The molecule has 2 aromatic rings. The maximum absolute atomic E-state index is 13.0. The molecule has 0 saturated heterocycles. The van der Waals surface area contributed by atoms with Crippen molar-refractivity contribution in [2.75, 3.05) is 11.9 Å². The fourth-order valence-corrected chi connectivity index (χ4v) is 3.76. The first-order chi connectivity index (χ1) is 12.5. The first-order valence-corrected chi connectivity index (χ1v) is 9.01. The van der Waals surface area contributed by atoms with Crippen LogP contribution in [0.1, 0.15) is 38.3 Å². The van der Waals surface area contributed by atoms with E-state index in [1.807, 2.05) is 6.07 Å². The number of halogens is 4. The monoisotopic (exact) mass is 395 g/mol. The van der Waals surface area contributed by atoms with Crippen molar-refractivity contribution in [3.05, 3.63) is 46.7 Å². The molecule has 144 valence electrons. The summed E-state index contributed by atoms with van der Waals surface area (Å²) in [5.41, 5.74) is 1.89. The maximum atomic E-state index is 13.0. The van der Waals surface area contributed by atoms with Gasteiger partial charge in [0.1, 0.15) is 5.84 Å². The minimum Gasteiger partial charge on any atom is -0.323 e. The second-order valence-electron chi connectivity index (χ2n) is 7.57. The summed E-state index contributed by atoms with van der Waals surface area (Å²) in [5.74, 6) is 0.949. The van der Waals surface area contributed by atoms with Crippen LogP contribution in [-0.4, -0.2) is 23.4 Å². The summed E-state index contributed by atoms with van der Waals surface area (Å²) < 4.78 is 39.0. The van der Waals surface area contributed by atoms with E-state index in [2.05, 4.69) is 35.6 Å². The fraction of sp³-hybridized carbons (Fsp3) is 0.400. The third-order valence-corrected chi connectivity index (χ3v) is 4.86. The number of aromatic nitrogens is 1. The van der Waals surface area contributed by atoms with Crippen LogP contribution in [0.5, 0.6) is 0 Å². The fourth-order valence-electron chi connectivity index (χ4n) is 3.44. The van der Waals surface area contributed by atoms with Crippen LogP contribution in [0.15, 0.2) is 35.6 Å². The highest BCUT2D eigenvalue weighted by molar-refractivity contribution is 6.34. The number of pyridine rings is 1. The highest BCUT2D eigenvalue weighted by Crippen LogP contribution is 2.42. The van der Waals surface area contributed by atoms with Crippen molar-refractivity contribution in [2.24, 2.45) is 4.99 Å². The van der Waals surface area contributed by atoms with Gasteiger partial charge in [-0.15, -0.1) is 0 Å². The number of fused-ring (bicyclic) bond motifs is 1. The van der Waals surface area contributed by atoms with Gasteiger partial charge < -0.3 is 4.90 Å². The summed E-state index contributed by atoms with van der Waals surface area (Å²) in [6, 6.07) is 4.72. The van der Waals surface area contributed by atoms with Crippen molar-refractivity contribution in [2.45, 2.75) is 45.3 Å². The number of aryl methyl sites for hydroxylation is 1. The van der Waals surface area contributed by atoms with Crippen molar-refractivity contribution in [3.8, 4) is 11.1 Å². The molecule has 3 nitrogen and oxygen atoms in total. The van der Waals surface area contributed by atoms with E-state index in [9.17, 15) is 13.2 Å². The lowest BCUT2D eigenvalue weighted by Gasteiger charge is -2.42. The average molecular weight is 396 g/mol. The number of amidine groups is 1. The van der Waals surface area contributed by atoms with Crippen molar-refractivity contribution in [1.29, 1.82) is 0 Å². The van der Waals surface area contributed by atoms with E-state index < -0.39 is 11.7 Å². The molecule has 0 saturated carbocycles. The zero-order valence-electron chi connectivity index (χ0n) is 15.7. The molecule has 1 aromatic heterocycles. The first-order valence-electron chi connectivity index (χ1n) is 8.63. The number of benzene rings is 1. The molecule has 7 heteroatoms. The van der Waals surface area contributed by atoms with E-state index in [0.717, 1.165) is 42.2 Å². The summed E-state index contributed by atoms with van der Waals surface area (Å²) >= 11 is 6.61. The molecule has 0 aliphatic carbocycles. The predicted octanol–water partition coefficient (Wildman–Crippen LogP) is 6.00. The van der Waals surface area contributed by atoms with Crippen molar-refractivity contribution in [1.82, 2.24) is 4.98 Å². The molecular weight excluding hydrogens is 375 g/mol. The standard InChI is InChI=1S/C20H21ClF3N3/c1-19(2,3)27-17(25-4)6-5-12-7-13(9-16(21)18(12)27)14-8-15(11-26-10-14)20(22,23)24/h7-11H,5-6H2,1-4H3. The summed E-state index contributed by atoms with van der Waals surface area (Å²) in [5, 5.41) is 0.496. The van der Waals surface area contributed by atoms with E-state index in [4.69, 9.17) is 11.6 Å². The van der Waals surface area contributed by atoms with E-state index in [1.54, 1.807) is 13.1 Å². The van der Waals surface area contributed by atoms with E-state index >= 15 is 0 Å². The van der Waals surface area contributed by atoms with Crippen LogP contribution in [0.3, 0.4) is 0 Å². The Labute approximate surface area is 161 Å². The smallest absolute Gasteiger partial charge is 0.323 e. The number of hydrogen-bond acceptors (Lipinski definition) is 2. The van der Waals surface area contributed by atoms with Gasteiger partial charge in [-0.1, -0.05) is 11.6 Å². The van der Waals surface area contributed by atoms with E-state index in [-0.39, 0.29) is 5.54 Å². The molecule has 0 atom stereocenters. The molecule has 0 radical (unpaired) electrons. The number of nitrogens with zero attached hydrogens (tertiary/aromatic N) is 3. The van der Waals surface area contributed by atoms with Gasteiger partial charge in [-0.3, -0.25) is 9.98 Å². The molecule has 2 heterocycles. The van der Waals surface area contributed by atoms with Crippen LogP contribution < -0.4 is 4.90 Å². The van der Waals surface area contributed by atoms with Crippen LogP contribution in [0.2, 0.25) is 5.02 Å². The van der Waals surface area contributed by atoms with Crippen LogP contribution in [0.25, 0.3) is 11.1 Å². The Morgan fingerprint density at radius 2 is 1.74 bits per heavy atom. The molecule has 0 bridgehead atoms. The molecule has 0 spiro atoms. The summed E-state index contributed by atoms with van der Waals surface area (Å²) in [6.45, 7) is 6.23. The second-order valence-corrected chi connectivity index (χ2v) is 7.98. The molecule has 0 fully saturated rings. The average Bonchev–Trinajstić information content (AvgIpc) is 2.59. The molecule has 27 heavy (non-hydrogen) atoms. The molecule has 0 amide bonds. The number of anilines is 1. The lowest BCUT2D eigenvalue weighted by molar-refractivity contribution is -0.137. The Balaban J connectivity index is 2.13. The molecule has 3 rings (SSSR count). The van der Waals surface area contributed by atoms with Gasteiger partial charge >= 0.3 is 6.18 Å². The lowest BCUT2D eigenvalue weighted by Crippen LogP contribution is -2.48. The van der Waals surface area contributed by atoms with Gasteiger partial charge in [0, 0.05) is 37.0 Å². The number of hydrogen-bond donors (Lipinski definition) is 0. The maximum Gasteiger partial charge on any atom is 0.417 e. The normalized spacial score (nSPS) is 16.6. The molecule has 1 aliphatic rings. The predicted molar refractivity (Wildman–Crippen MR) is 104 cm³/mol. The van der Waals surface area contributed by atoms with Gasteiger partial charge in [-0.05, 0) is 56.5 Å². The van der Waals surface area contributed by atoms with Gasteiger partial charge in [-0.2, -0.15) is 13.2 Å². The Morgan fingerprint density at radius 1 is 1.04 bits per heavy atom. The molecule has 1 aromatic carbocycles. The van der Waals surface area contributed by atoms with Gasteiger partial charge in [0.25, 0.3) is 0 Å². The van der Waals surface area contributed by atoms with E-state index in [1.165, 1.54) is 6.20 Å². The molecular formula is C20H21ClF3N3. The zero-order valence-corrected chi connectivity index (χ0v) is 16.4. The van der Waals surface area contributed by atoms with Crippen LogP contribution in [-0.2, 0) is 12.6 Å². The highest BCUT2D eigenvalue weighted by Gasteiger charge is 2.34. The van der Waals surface area contributed by atoms with Crippen molar-refractivity contribution >= 4 is 23.1 Å².